The second-order valence-electron chi connectivity index (χ2n) is 10.1. The number of aromatic nitrogens is 3. The molecule has 0 bridgehead atoms. The van der Waals surface area contributed by atoms with Crippen molar-refractivity contribution in [2.45, 2.75) is 13.8 Å². The molecular formula is C37H27N3O. The highest BCUT2D eigenvalue weighted by molar-refractivity contribution is 6.17. The van der Waals surface area contributed by atoms with Gasteiger partial charge in [0, 0.05) is 21.9 Å². The third-order valence-electron chi connectivity index (χ3n) is 7.38. The molecule has 0 radical (unpaired) electrons. The molecule has 4 heteroatoms. The molecule has 0 spiro atoms. The number of rotatable bonds is 5. The largest absolute Gasteiger partial charge is 0.456 e. The maximum atomic E-state index is 6.42. The Hall–Kier alpha value is -5.35. The van der Waals surface area contributed by atoms with E-state index in [1.54, 1.807) is 0 Å². The number of hydrogen-bond donors (Lipinski definition) is 0. The highest BCUT2D eigenvalue weighted by Gasteiger charge is 2.20. The summed E-state index contributed by atoms with van der Waals surface area (Å²) in [6.45, 7) is 4.02. The van der Waals surface area contributed by atoms with Crippen LogP contribution in [-0.2, 0) is 0 Å². The van der Waals surface area contributed by atoms with Crippen LogP contribution in [0.2, 0.25) is 0 Å². The third kappa shape index (κ3) is 4.50. The van der Waals surface area contributed by atoms with Crippen molar-refractivity contribution in [2.75, 3.05) is 0 Å². The molecule has 0 atom stereocenters. The lowest BCUT2D eigenvalue weighted by atomic mass is 9.95. The Bertz CT molecular complexity index is 2120. The number of nitrogens with zero attached hydrogens (tertiary/aromatic N) is 3. The van der Waals surface area contributed by atoms with Crippen LogP contribution in [-0.4, -0.2) is 15.0 Å². The maximum absolute atomic E-state index is 6.42. The van der Waals surface area contributed by atoms with Crippen LogP contribution in [0.3, 0.4) is 0 Å². The molecule has 0 aliphatic rings. The maximum Gasteiger partial charge on any atom is 0.164 e. The molecule has 7 rings (SSSR count). The van der Waals surface area contributed by atoms with Gasteiger partial charge in [-0.15, -0.1) is 0 Å². The van der Waals surface area contributed by atoms with E-state index in [-0.39, 0.29) is 0 Å². The molecule has 0 fully saturated rings. The minimum absolute atomic E-state index is 0.615. The molecule has 2 aromatic heterocycles. The topological polar surface area (TPSA) is 51.8 Å². The molecule has 0 aliphatic heterocycles. The molecule has 0 N–H and O–H groups in total. The van der Waals surface area contributed by atoms with Crippen molar-refractivity contribution < 1.29 is 4.42 Å². The molecule has 0 saturated heterocycles. The molecule has 4 nitrogen and oxygen atoms in total. The van der Waals surface area contributed by atoms with E-state index in [1.165, 1.54) is 10.8 Å². The van der Waals surface area contributed by atoms with Gasteiger partial charge in [0.1, 0.15) is 11.2 Å². The van der Waals surface area contributed by atoms with Crippen LogP contribution in [0.5, 0.6) is 0 Å². The smallest absolute Gasteiger partial charge is 0.164 e. The predicted octanol–water partition coefficient (Wildman–Crippen LogP) is 9.90. The third-order valence-corrected chi connectivity index (χ3v) is 7.38. The Morgan fingerprint density at radius 1 is 0.610 bits per heavy atom. The molecule has 2 heterocycles. The molecule has 5 aromatic carbocycles. The lowest BCUT2D eigenvalue weighted by Crippen LogP contribution is -2.02. The van der Waals surface area contributed by atoms with Gasteiger partial charge in [0.25, 0.3) is 0 Å². The Kier molecular flexibility index (Phi) is 6.21. The minimum Gasteiger partial charge on any atom is -0.456 e. The molecule has 0 unspecified atom stereocenters. The van der Waals surface area contributed by atoms with Gasteiger partial charge >= 0.3 is 0 Å². The molecule has 0 aliphatic carbocycles. The highest BCUT2D eigenvalue weighted by atomic mass is 16.3. The average molecular weight is 530 g/mol. The fourth-order valence-electron chi connectivity index (χ4n) is 5.35. The van der Waals surface area contributed by atoms with Crippen LogP contribution in [0.4, 0.5) is 0 Å². The second kappa shape index (κ2) is 10.3. The summed E-state index contributed by atoms with van der Waals surface area (Å²) < 4.78 is 6.42. The van der Waals surface area contributed by atoms with Crippen LogP contribution in [0.25, 0.3) is 72.2 Å². The first-order valence-corrected chi connectivity index (χ1v) is 13.7. The number of hydrogen-bond acceptors (Lipinski definition) is 4. The van der Waals surface area contributed by atoms with E-state index in [0.717, 1.165) is 49.8 Å². The van der Waals surface area contributed by atoms with E-state index >= 15 is 0 Å². The quantitative estimate of drug-likeness (QED) is 0.208. The van der Waals surface area contributed by atoms with E-state index in [0.29, 0.717) is 17.5 Å². The molecule has 0 saturated carbocycles. The van der Waals surface area contributed by atoms with Gasteiger partial charge in [-0.1, -0.05) is 109 Å². The van der Waals surface area contributed by atoms with Gasteiger partial charge in [0.05, 0.1) is 0 Å². The second-order valence-corrected chi connectivity index (χ2v) is 10.1. The monoisotopic (exact) mass is 529 g/mol. The summed E-state index contributed by atoms with van der Waals surface area (Å²) in [5.74, 6) is 1.90. The van der Waals surface area contributed by atoms with Crippen molar-refractivity contribution in [1.29, 1.82) is 0 Å². The van der Waals surface area contributed by atoms with Gasteiger partial charge in [-0.3, -0.25) is 0 Å². The lowest BCUT2D eigenvalue weighted by Gasteiger charge is -2.10. The first-order valence-electron chi connectivity index (χ1n) is 13.7. The van der Waals surface area contributed by atoms with E-state index < -0.39 is 0 Å². The van der Waals surface area contributed by atoms with Crippen LogP contribution >= 0.6 is 0 Å². The summed E-state index contributed by atoms with van der Waals surface area (Å²) in [6, 6.07) is 37.4. The minimum atomic E-state index is 0.615. The van der Waals surface area contributed by atoms with Crippen molar-refractivity contribution in [3.05, 3.63) is 133 Å². The number of benzene rings is 5. The van der Waals surface area contributed by atoms with Crippen molar-refractivity contribution >= 4 is 38.3 Å². The number of furan rings is 1. The summed E-state index contributed by atoms with van der Waals surface area (Å²) in [5, 5.41) is 4.47. The number of allylic oxidation sites excluding steroid dienone is 4. The Labute approximate surface area is 238 Å². The zero-order valence-corrected chi connectivity index (χ0v) is 22.9. The van der Waals surface area contributed by atoms with Crippen LogP contribution in [0, 0.1) is 0 Å². The number of fused-ring (bicyclic) bond motifs is 4. The van der Waals surface area contributed by atoms with Gasteiger partial charge in [0.15, 0.2) is 17.5 Å². The molecular weight excluding hydrogens is 502 g/mol. The van der Waals surface area contributed by atoms with Gasteiger partial charge in [0.2, 0.25) is 0 Å². The normalized spacial score (nSPS) is 12.2. The molecule has 196 valence electrons. The molecule has 0 amide bonds. The Morgan fingerprint density at radius 2 is 1.29 bits per heavy atom. The Morgan fingerprint density at radius 3 is 2.07 bits per heavy atom. The SMILES string of the molecule is C/C=C\C=C(/C)c1nc(-c2ccccc2)nc(-c2cccc3oc4cccc(-c5ccc6ccccc6c5)c4c23)n1. The van der Waals surface area contributed by atoms with Crippen LogP contribution in [0.1, 0.15) is 19.7 Å². The fourth-order valence-corrected chi connectivity index (χ4v) is 5.35. The summed E-state index contributed by atoms with van der Waals surface area (Å²) in [7, 11) is 0. The van der Waals surface area contributed by atoms with Crippen LogP contribution in [0.15, 0.2) is 132 Å². The van der Waals surface area contributed by atoms with E-state index in [4.69, 9.17) is 19.4 Å². The summed E-state index contributed by atoms with van der Waals surface area (Å²) in [6.07, 6.45) is 6.02. The van der Waals surface area contributed by atoms with Crippen molar-refractivity contribution in [2.24, 2.45) is 0 Å². The lowest BCUT2D eigenvalue weighted by molar-refractivity contribution is 0.669. The average Bonchev–Trinajstić information content (AvgIpc) is 3.43. The van der Waals surface area contributed by atoms with Crippen molar-refractivity contribution in [3.8, 4) is 33.9 Å². The van der Waals surface area contributed by atoms with Crippen LogP contribution < -0.4 is 0 Å². The first kappa shape index (κ1) is 24.7. The van der Waals surface area contributed by atoms with E-state index in [1.807, 2.05) is 80.6 Å². The van der Waals surface area contributed by atoms with Gasteiger partial charge < -0.3 is 4.42 Å². The van der Waals surface area contributed by atoms with Crippen molar-refractivity contribution in [3.63, 3.8) is 0 Å². The summed E-state index contributed by atoms with van der Waals surface area (Å²) >= 11 is 0. The van der Waals surface area contributed by atoms with E-state index in [9.17, 15) is 0 Å². The van der Waals surface area contributed by atoms with Gasteiger partial charge in [-0.05, 0) is 59.5 Å². The highest BCUT2D eigenvalue weighted by Crippen LogP contribution is 2.41. The summed E-state index contributed by atoms with van der Waals surface area (Å²) in [4.78, 5) is 14.9. The van der Waals surface area contributed by atoms with Crippen molar-refractivity contribution in [1.82, 2.24) is 15.0 Å². The standard InChI is InChI=1S/C37H27N3O/c1-3-4-12-24(2)35-38-36(26-14-6-5-7-15-26)40-37(39-35)30-18-11-20-32-34(30)33-29(17-10-19-31(33)41-32)28-22-21-25-13-8-9-16-27(25)23-28/h3-23H,1-2H3/b4-3-,24-12+. The molecule has 7 aromatic rings. The predicted molar refractivity (Wildman–Crippen MR) is 169 cm³/mol. The summed E-state index contributed by atoms with van der Waals surface area (Å²) in [5.41, 5.74) is 6.70. The van der Waals surface area contributed by atoms with Gasteiger partial charge in [-0.25, -0.2) is 15.0 Å². The van der Waals surface area contributed by atoms with Gasteiger partial charge in [-0.2, -0.15) is 0 Å². The van der Waals surface area contributed by atoms with E-state index in [2.05, 4.69) is 60.7 Å². The zero-order valence-electron chi connectivity index (χ0n) is 22.9. The first-order chi connectivity index (χ1) is 20.2. The Balaban J connectivity index is 1.51. The molecule has 41 heavy (non-hydrogen) atoms. The zero-order chi connectivity index (χ0) is 27.8. The fraction of sp³-hybridized carbons (Fsp3) is 0.0541.